The Bertz CT molecular complexity index is 914. The van der Waals surface area contributed by atoms with Crippen LogP contribution in [0, 0.1) is 23.2 Å². The van der Waals surface area contributed by atoms with Crippen LogP contribution in [0.25, 0.3) is 0 Å². The van der Waals surface area contributed by atoms with Gasteiger partial charge in [-0.25, -0.2) is 0 Å². The zero-order chi connectivity index (χ0) is 29.6. The van der Waals surface area contributed by atoms with Crippen molar-refractivity contribution in [1.29, 1.82) is 0 Å². The minimum Gasteiger partial charge on any atom is -0.481 e. The van der Waals surface area contributed by atoms with Crippen LogP contribution in [0.15, 0.2) is 23.3 Å². The summed E-state index contributed by atoms with van der Waals surface area (Å²) in [5, 5.41) is 10.1. The number of carboxylic acids is 1. The van der Waals surface area contributed by atoms with Gasteiger partial charge in [-0.1, -0.05) is 78.7 Å². The van der Waals surface area contributed by atoms with E-state index in [-0.39, 0.29) is 39.5 Å². The van der Waals surface area contributed by atoms with Crippen LogP contribution in [0.3, 0.4) is 0 Å². The molecule has 4 nitrogen and oxygen atoms in total. The predicted molar refractivity (Wildman–Crippen MR) is 169 cm³/mol. The van der Waals surface area contributed by atoms with Gasteiger partial charge in [-0.3, -0.25) is 4.79 Å². The molecule has 0 amide bonds. The lowest BCUT2D eigenvalue weighted by molar-refractivity contribution is -0.144. The Hall–Kier alpha value is -0.696. The first kappa shape index (κ1) is 32.8. The zero-order valence-electron chi connectivity index (χ0n) is 27.4. The van der Waals surface area contributed by atoms with Crippen molar-refractivity contribution in [2.24, 2.45) is 23.2 Å². The van der Waals surface area contributed by atoms with E-state index in [1.54, 1.807) is 5.57 Å². The number of rotatable bonds is 7. The van der Waals surface area contributed by atoms with Crippen LogP contribution in [0.2, 0.25) is 36.3 Å². The first-order valence-electron chi connectivity index (χ1n) is 15.6. The van der Waals surface area contributed by atoms with Gasteiger partial charge in [0.05, 0.1) is 18.1 Å². The largest absolute Gasteiger partial charge is 0.481 e. The molecule has 3 fully saturated rings. The van der Waals surface area contributed by atoms with Crippen molar-refractivity contribution in [3.63, 3.8) is 0 Å². The number of carboxylic acid groups (broad SMARTS) is 1. The van der Waals surface area contributed by atoms with Crippen molar-refractivity contribution in [3.8, 4) is 0 Å². The molecule has 0 aromatic carbocycles. The third kappa shape index (κ3) is 7.21. The molecule has 6 heteroatoms. The van der Waals surface area contributed by atoms with Crippen LogP contribution in [0.5, 0.6) is 0 Å². The van der Waals surface area contributed by atoms with Crippen molar-refractivity contribution in [2.75, 3.05) is 0 Å². The van der Waals surface area contributed by atoms with Gasteiger partial charge in [0.2, 0.25) is 0 Å². The molecule has 6 atom stereocenters. The molecule has 39 heavy (non-hydrogen) atoms. The normalized spacial score (nSPS) is 32.7. The highest BCUT2D eigenvalue weighted by molar-refractivity contribution is 6.74. The summed E-state index contributed by atoms with van der Waals surface area (Å²) in [6, 6.07) is 0. The summed E-state index contributed by atoms with van der Waals surface area (Å²) in [7, 11) is -3.78. The van der Waals surface area contributed by atoms with Crippen molar-refractivity contribution in [3.05, 3.63) is 23.3 Å². The number of fused-ring (bicyclic) bond motifs is 1. The molecular formula is C33H60O4Si2. The molecule has 3 saturated carbocycles. The van der Waals surface area contributed by atoms with Gasteiger partial charge in [0.1, 0.15) is 0 Å². The lowest BCUT2D eigenvalue weighted by atomic mass is 9.61. The van der Waals surface area contributed by atoms with Gasteiger partial charge >= 0.3 is 5.97 Å². The standard InChI is InChI=1S/C33H60O4Si2/c1-23(30(34)35)28-17-18-29-25(14-13-19-33(28,29)8)16-15-24-20-26(36-38(9,10)31(2,3)4)22-27(21-24)37-39(11,12)32(5,6)7/h15-16,23,26-29H,13-14,17-22H2,1-12H3,(H,34,35)/t23-,26+,27+,28+,29-,33+/m0/s1. The van der Waals surface area contributed by atoms with Crippen molar-refractivity contribution in [2.45, 2.75) is 155 Å². The summed E-state index contributed by atoms with van der Waals surface area (Å²) in [4.78, 5) is 11.9. The van der Waals surface area contributed by atoms with Crippen molar-refractivity contribution < 1.29 is 18.8 Å². The number of hydrogen-bond acceptors (Lipinski definition) is 3. The maximum Gasteiger partial charge on any atom is 0.306 e. The second kappa shape index (κ2) is 11.5. The third-order valence-corrected chi connectivity index (χ3v) is 20.7. The van der Waals surface area contributed by atoms with Gasteiger partial charge in [-0.05, 0) is 105 Å². The number of aliphatic carboxylic acids is 1. The highest BCUT2D eigenvalue weighted by atomic mass is 28.4. The molecule has 0 spiro atoms. The fourth-order valence-electron chi connectivity index (χ4n) is 7.13. The molecule has 0 bridgehead atoms. The first-order chi connectivity index (χ1) is 17.7. The van der Waals surface area contributed by atoms with Gasteiger partial charge in [0.25, 0.3) is 0 Å². The van der Waals surface area contributed by atoms with Crippen molar-refractivity contribution >= 4 is 22.6 Å². The van der Waals surface area contributed by atoms with Gasteiger partial charge in [0.15, 0.2) is 16.6 Å². The Balaban J connectivity index is 1.87. The lowest BCUT2D eigenvalue weighted by Gasteiger charge is -2.45. The van der Waals surface area contributed by atoms with E-state index in [4.69, 9.17) is 8.85 Å². The molecule has 3 rings (SSSR count). The molecule has 0 unspecified atom stereocenters. The molecule has 0 aliphatic heterocycles. The Morgan fingerprint density at radius 1 is 0.949 bits per heavy atom. The maximum atomic E-state index is 11.9. The van der Waals surface area contributed by atoms with E-state index < -0.39 is 22.6 Å². The summed E-state index contributed by atoms with van der Waals surface area (Å²) in [5.74, 6) is -0.117. The smallest absolute Gasteiger partial charge is 0.306 e. The van der Waals surface area contributed by atoms with Crippen LogP contribution < -0.4 is 0 Å². The van der Waals surface area contributed by atoms with E-state index in [2.05, 4.69) is 86.8 Å². The Labute approximate surface area is 242 Å². The fourth-order valence-corrected chi connectivity index (χ4v) is 9.86. The molecule has 224 valence electrons. The van der Waals surface area contributed by atoms with Crippen LogP contribution in [-0.2, 0) is 13.6 Å². The Kier molecular flexibility index (Phi) is 9.70. The molecule has 0 aromatic heterocycles. The Morgan fingerprint density at radius 2 is 1.46 bits per heavy atom. The summed E-state index contributed by atoms with van der Waals surface area (Å²) in [6.07, 6.45) is 13.9. The molecule has 0 radical (unpaired) electrons. The van der Waals surface area contributed by atoms with Gasteiger partial charge in [0, 0.05) is 0 Å². The molecular weight excluding hydrogens is 517 g/mol. The van der Waals surface area contributed by atoms with E-state index in [1.165, 1.54) is 12.0 Å². The highest BCUT2D eigenvalue weighted by Gasteiger charge is 2.52. The van der Waals surface area contributed by atoms with E-state index in [9.17, 15) is 9.90 Å². The highest BCUT2D eigenvalue weighted by Crippen LogP contribution is 2.59. The quantitative estimate of drug-likeness (QED) is 0.306. The minimum absolute atomic E-state index is 0.106. The minimum atomic E-state index is -1.89. The van der Waals surface area contributed by atoms with E-state index >= 15 is 0 Å². The number of hydrogen-bond donors (Lipinski definition) is 1. The second-order valence-electron chi connectivity index (χ2n) is 16.4. The van der Waals surface area contributed by atoms with Gasteiger partial charge in [-0.2, -0.15) is 0 Å². The van der Waals surface area contributed by atoms with Crippen LogP contribution in [0.1, 0.15) is 107 Å². The lowest BCUT2D eigenvalue weighted by Crippen LogP contribution is -2.48. The fraction of sp³-hybridized carbons (Fsp3) is 0.848. The average Bonchev–Trinajstić information content (AvgIpc) is 3.12. The zero-order valence-corrected chi connectivity index (χ0v) is 29.4. The third-order valence-electron chi connectivity index (χ3n) is 11.6. The number of allylic oxidation sites excluding steroid dienone is 3. The molecule has 0 heterocycles. The number of carbonyl (C=O) groups is 1. The molecule has 1 N–H and O–H groups in total. The monoisotopic (exact) mass is 576 g/mol. The predicted octanol–water partition coefficient (Wildman–Crippen LogP) is 9.74. The molecule has 0 saturated heterocycles. The van der Waals surface area contributed by atoms with Gasteiger partial charge in [-0.15, -0.1) is 0 Å². The second-order valence-corrected chi connectivity index (χ2v) is 25.9. The maximum absolute atomic E-state index is 11.9. The van der Waals surface area contributed by atoms with E-state index in [1.807, 2.05) is 6.92 Å². The van der Waals surface area contributed by atoms with Crippen LogP contribution >= 0.6 is 0 Å². The summed E-state index contributed by atoms with van der Waals surface area (Å²) in [5.41, 5.74) is 3.11. The van der Waals surface area contributed by atoms with Crippen LogP contribution in [-0.4, -0.2) is 39.9 Å². The molecule has 3 aliphatic carbocycles. The summed E-state index contributed by atoms with van der Waals surface area (Å²) >= 11 is 0. The summed E-state index contributed by atoms with van der Waals surface area (Å²) < 4.78 is 14.0. The molecule has 3 aliphatic rings. The molecule has 0 aromatic rings. The Morgan fingerprint density at radius 3 is 1.92 bits per heavy atom. The average molecular weight is 577 g/mol. The summed E-state index contributed by atoms with van der Waals surface area (Å²) in [6.45, 7) is 27.7. The topological polar surface area (TPSA) is 55.8 Å². The van der Waals surface area contributed by atoms with Crippen molar-refractivity contribution in [1.82, 2.24) is 0 Å². The SMILES string of the molecule is C[C@H](C(=O)O)[C@H]1CC[C@H]2C(=CC=C3C[C@@H](O[Si](C)(C)C(C)(C)C)C[C@H](O[Si](C)(C)C(C)(C)C)C3)CCC[C@]12C. The van der Waals surface area contributed by atoms with E-state index in [0.29, 0.717) is 5.92 Å². The first-order valence-corrected chi connectivity index (χ1v) is 21.5. The van der Waals surface area contributed by atoms with Gasteiger partial charge < -0.3 is 14.0 Å². The van der Waals surface area contributed by atoms with E-state index in [0.717, 1.165) is 44.9 Å². The van der Waals surface area contributed by atoms with Crippen LogP contribution in [0.4, 0.5) is 0 Å².